The monoisotopic (exact) mass is 266 g/mol. The van der Waals surface area contributed by atoms with Crippen LogP contribution in [0.3, 0.4) is 0 Å². The molecule has 0 unspecified atom stereocenters. The summed E-state index contributed by atoms with van der Waals surface area (Å²) in [6, 6.07) is 8.32. The van der Waals surface area contributed by atoms with E-state index in [4.69, 9.17) is 10.7 Å². The first-order valence-electron chi connectivity index (χ1n) is 6.80. The Labute approximate surface area is 118 Å². The lowest BCUT2D eigenvalue weighted by atomic mass is 10.0. The first kappa shape index (κ1) is 12.8. The molecule has 0 aliphatic heterocycles. The number of nitrogens with two attached hydrogens (primary N) is 1. The summed E-state index contributed by atoms with van der Waals surface area (Å²) < 4.78 is 2.03. The molecule has 4 heteroatoms. The highest BCUT2D eigenvalue weighted by molar-refractivity contribution is 5.77. The van der Waals surface area contributed by atoms with Crippen LogP contribution < -0.4 is 5.73 Å². The third-order valence-electron chi connectivity index (χ3n) is 3.48. The van der Waals surface area contributed by atoms with E-state index in [9.17, 15) is 0 Å². The summed E-state index contributed by atoms with van der Waals surface area (Å²) in [5.74, 6) is 0.963. The zero-order chi connectivity index (χ0) is 14.1. The van der Waals surface area contributed by atoms with Crippen LogP contribution in [0.25, 0.3) is 16.9 Å². The van der Waals surface area contributed by atoms with E-state index in [-0.39, 0.29) is 0 Å². The SMILES string of the molecule is Cc1ccc(-c2nc(CCN)n3cccnc23)c(C)c1. The Morgan fingerprint density at radius 2 is 2.10 bits per heavy atom. The number of nitrogens with zero attached hydrogens (tertiary/aromatic N) is 3. The molecule has 2 heterocycles. The Morgan fingerprint density at radius 3 is 2.85 bits per heavy atom. The zero-order valence-electron chi connectivity index (χ0n) is 11.8. The lowest BCUT2D eigenvalue weighted by Crippen LogP contribution is -2.06. The molecule has 0 amide bonds. The van der Waals surface area contributed by atoms with Gasteiger partial charge in [0.1, 0.15) is 11.5 Å². The molecule has 20 heavy (non-hydrogen) atoms. The number of aromatic nitrogens is 3. The normalized spacial score (nSPS) is 11.2. The van der Waals surface area contributed by atoms with Crippen molar-refractivity contribution in [3.8, 4) is 11.3 Å². The number of hydrogen-bond acceptors (Lipinski definition) is 3. The van der Waals surface area contributed by atoms with Gasteiger partial charge in [0.15, 0.2) is 5.65 Å². The first-order chi connectivity index (χ1) is 9.70. The van der Waals surface area contributed by atoms with Gasteiger partial charge in [0, 0.05) is 24.4 Å². The van der Waals surface area contributed by atoms with Gasteiger partial charge >= 0.3 is 0 Å². The predicted molar refractivity (Wildman–Crippen MR) is 80.7 cm³/mol. The van der Waals surface area contributed by atoms with E-state index in [1.807, 2.05) is 16.7 Å². The molecule has 0 atom stereocenters. The average molecular weight is 266 g/mol. The number of fused-ring (bicyclic) bond motifs is 1. The molecule has 2 aromatic heterocycles. The fourth-order valence-corrected chi connectivity index (χ4v) is 2.55. The maximum absolute atomic E-state index is 5.68. The topological polar surface area (TPSA) is 56.2 Å². The molecule has 2 N–H and O–H groups in total. The molecule has 0 bridgehead atoms. The molecule has 3 aromatic rings. The van der Waals surface area contributed by atoms with Crippen LogP contribution in [0.5, 0.6) is 0 Å². The highest BCUT2D eigenvalue weighted by Crippen LogP contribution is 2.27. The lowest BCUT2D eigenvalue weighted by Gasteiger charge is -2.04. The molecule has 0 fully saturated rings. The fourth-order valence-electron chi connectivity index (χ4n) is 2.55. The Balaban J connectivity index is 2.25. The molecule has 0 radical (unpaired) electrons. The number of aryl methyl sites for hydroxylation is 2. The van der Waals surface area contributed by atoms with Crippen molar-refractivity contribution in [1.29, 1.82) is 0 Å². The van der Waals surface area contributed by atoms with Crippen LogP contribution in [0.1, 0.15) is 17.0 Å². The van der Waals surface area contributed by atoms with Crippen molar-refractivity contribution in [1.82, 2.24) is 14.4 Å². The van der Waals surface area contributed by atoms with Gasteiger partial charge in [0.25, 0.3) is 0 Å². The van der Waals surface area contributed by atoms with Crippen molar-refractivity contribution in [2.45, 2.75) is 20.3 Å². The quantitative estimate of drug-likeness (QED) is 0.792. The minimum Gasteiger partial charge on any atom is -0.330 e. The van der Waals surface area contributed by atoms with Crippen LogP contribution >= 0.6 is 0 Å². The van der Waals surface area contributed by atoms with Crippen molar-refractivity contribution >= 4 is 5.65 Å². The van der Waals surface area contributed by atoms with Gasteiger partial charge in [0.2, 0.25) is 0 Å². The van der Waals surface area contributed by atoms with Gasteiger partial charge in [-0.05, 0) is 32.0 Å². The molecule has 3 rings (SSSR count). The van der Waals surface area contributed by atoms with E-state index in [1.165, 1.54) is 11.1 Å². The smallest absolute Gasteiger partial charge is 0.164 e. The van der Waals surface area contributed by atoms with Crippen LogP contribution in [0.2, 0.25) is 0 Å². The lowest BCUT2D eigenvalue weighted by molar-refractivity contribution is 0.859. The standard InChI is InChI=1S/C16H18N4/c1-11-4-5-13(12(2)10-11)15-16-18-8-3-9-20(16)14(19-15)6-7-17/h3-5,8-10H,6-7,17H2,1-2H3. The van der Waals surface area contributed by atoms with Crippen molar-refractivity contribution in [2.24, 2.45) is 5.73 Å². The van der Waals surface area contributed by atoms with Gasteiger partial charge in [-0.15, -0.1) is 0 Å². The Kier molecular flexibility index (Phi) is 3.24. The van der Waals surface area contributed by atoms with Gasteiger partial charge in [-0.3, -0.25) is 4.40 Å². The number of rotatable bonds is 3. The number of hydrogen-bond donors (Lipinski definition) is 1. The summed E-state index contributed by atoms with van der Waals surface area (Å²) in [7, 11) is 0. The van der Waals surface area contributed by atoms with Gasteiger partial charge in [-0.25, -0.2) is 9.97 Å². The molecule has 0 spiro atoms. The van der Waals surface area contributed by atoms with E-state index in [0.29, 0.717) is 6.54 Å². The Bertz CT molecular complexity index is 758. The fraction of sp³-hybridized carbons (Fsp3) is 0.250. The first-order valence-corrected chi connectivity index (χ1v) is 6.80. The van der Waals surface area contributed by atoms with Crippen LogP contribution in [-0.4, -0.2) is 20.9 Å². The maximum atomic E-state index is 5.68. The summed E-state index contributed by atoms with van der Waals surface area (Å²) >= 11 is 0. The van der Waals surface area contributed by atoms with Crippen LogP contribution in [0.15, 0.2) is 36.7 Å². The van der Waals surface area contributed by atoms with E-state index in [0.717, 1.165) is 29.1 Å². The molecule has 1 aromatic carbocycles. The summed E-state index contributed by atoms with van der Waals surface area (Å²) in [4.78, 5) is 9.24. The number of benzene rings is 1. The predicted octanol–water partition coefficient (Wildman–Crippen LogP) is 2.51. The molecule has 0 saturated carbocycles. The van der Waals surface area contributed by atoms with Crippen molar-refractivity contribution in [3.05, 3.63) is 53.6 Å². The zero-order valence-corrected chi connectivity index (χ0v) is 11.8. The van der Waals surface area contributed by atoms with E-state index in [1.54, 1.807) is 6.20 Å². The Hall–Kier alpha value is -2.20. The largest absolute Gasteiger partial charge is 0.330 e. The van der Waals surface area contributed by atoms with Crippen LogP contribution in [0, 0.1) is 13.8 Å². The highest BCUT2D eigenvalue weighted by Gasteiger charge is 2.14. The summed E-state index contributed by atoms with van der Waals surface area (Å²) in [6.07, 6.45) is 4.54. The maximum Gasteiger partial charge on any atom is 0.164 e. The highest BCUT2D eigenvalue weighted by atomic mass is 15.1. The van der Waals surface area contributed by atoms with Gasteiger partial charge in [-0.1, -0.05) is 23.8 Å². The number of imidazole rings is 1. The minimum absolute atomic E-state index is 0.584. The molecule has 0 aliphatic rings. The minimum atomic E-state index is 0.584. The second kappa shape index (κ2) is 5.06. The Morgan fingerprint density at radius 1 is 1.25 bits per heavy atom. The van der Waals surface area contributed by atoms with Gasteiger partial charge in [0.05, 0.1) is 0 Å². The van der Waals surface area contributed by atoms with Gasteiger partial charge < -0.3 is 5.73 Å². The summed E-state index contributed by atoms with van der Waals surface area (Å²) in [5.41, 5.74) is 11.1. The molecule has 4 nitrogen and oxygen atoms in total. The second-order valence-electron chi connectivity index (χ2n) is 5.05. The van der Waals surface area contributed by atoms with Crippen molar-refractivity contribution in [3.63, 3.8) is 0 Å². The van der Waals surface area contributed by atoms with E-state index in [2.05, 4.69) is 37.0 Å². The van der Waals surface area contributed by atoms with E-state index >= 15 is 0 Å². The van der Waals surface area contributed by atoms with Crippen molar-refractivity contribution in [2.75, 3.05) is 6.54 Å². The average Bonchev–Trinajstić information content (AvgIpc) is 2.79. The summed E-state index contributed by atoms with van der Waals surface area (Å²) in [5, 5.41) is 0. The summed E-state index contributed by atoms with van der Waals surface area (Å²) in [6.45, 7) is 4.79. The third-order valence-corrected chi connectivity index (χ3v) is 3.48. The van der Waals surface area contributed by atoms with E-state index < -0.39 is 0 Å². The molecule has 0 aliphatic carbocycles. The van der Waals surface area contributed by atoms with Crippen LogP contribution in [0.4, 0.5) is 0 Å². The molecular formula is C16H18N4. The van der Waals surface area contributed by atoms with Crippen LogP contribution in [-0.2, 0) is 6.42 Å². The van der Waals surface area contributed by atoms with Crippen molar-refractivity contribution < 1.29 is 0 Å². The third kappa shape index (κ3) is 2.08. The molecular weight excluding hydrogens is 248 g/mol. The van der Waals surface area contributed by atoms with Gasteiger partial charge in [-0.2, -0.15) is 0 Å². The second-order valence-corrected chi connectivity index (χ2v) is 5.05. The molecule has 102 valence electrons. The molecule has 0 saturated heterocycles.